The minimum Gasteiger partial charge on any atom is -0.359 e. The van der Waals surface area contributed by atoms with E-state index in [9.17, 15) is 4.79 Å². The first-order valence-electron chi connectivity index (χ1n) is 4.76. The number of amides is 2. The third kappa shape index (κ3) is 2.97. The largest absolute Gasteiger partial charge is 0.359 e. The Morgan fingerprint density at radius 1 is 1.47 bits per heavy atom. The second-order valence-corrected chi connectivity index (χ2v) is 4.65. The summed E-state index contributed by atoms with van der Waals surface area (Å²) < 4.78 is 5.13. The highest BCUT2D eigenvalue weighted by Crippen LogP contribution is 2.24. The molecule has 0 aliphatic heterocycles. The van der Waals surface area contributed by atoms with Crippen LogP contribution in [-0.2, 0) is 5.41 Å². The average molecular weight is 211 g/mol. The molecular weight excluding hydrogens is 194 g/mol. The lowest BCUT2D eigenvalue weighted by Gasteiger charge is -2.12. The number of carbonyl (C=O) groups excluding carboxylic acids is 1. The molecule has 0 saturated heterocycles. The van der Waals surface area contributed by atoms with Crippen LogP contribution in [0.5, 0.6) is 0 Å². The summed E-state index contributed by atoms with van der Waals surface area (Å²) in [4.78, 5) is 12.7. The maximum Gasteiger partial charge on any atom is 0.322 e. The number of hydrogen-bond acceptors (Lipinski definition) is 3. The predicted octanol–water partition coefficient (Wildman–Crippen LogP) is 2.07. The summed E-state index contributed by atoms with van der Waals surface area (Å²) in [5.41, 5.74) is -0.103. The highest BCUT2D eigenvalue weighted by Gasteiger charge is 2.20. The summed E-state index contributed by atoms with van der Waals surface area (Å²) in [5.74, 6) is 1.19. The topological polar surface area (TPSA) is 58.4 Å². The van der Waals surface area contributed by atoms with E-state index in [-0.39, 0.29) is 11.4 Å². The number of aromatic nitrogens is 1. The van der Waals surface area contributed by atoms with Crippen molar-refractivity contribution in [3.8, 4) is 0 Å². The molecule has 0 unspecified atom stereocenters. The quantitative estimate of drug-likeness (QED) is 0.773. The number of anilines is 1. The maximum atomic E-state index is 11.3. The lowest BCUT2D eigenvalue weighted by molar-refractivity contribution is 0.230. The first-order valence-corrected chi connectivity index (χ1v) is 4.76. The smallest absolute Gasteiger partial charge is 0.322 e. The van der Waals surface area contributed by atoms with E-state index in [1.165, 1.54) is 4.90 Å². The van der Waals surface area contributed by atoms with Crippen molar-refractivity contribution in [2.24, 2.45) is 0 Å². The van der Waals surface area contributed by atoms with Gasteiger partial charge in [-0.05, 0) is 0 Å². The van der Waals surface area contributed by atoms with Gasteiger partial charge in [0.2, 0.25) is 0 Å². The van der Waals surface area contributed by atoms with Crippen LogP contribution in [0.1, 0.15) is 26.5 Å². The number of nitrogens with one attached hydrogen (secondary N) is 1. The molecule has 84 valence electrons. The van der Waals surface area contributed by atoms with Gasteiger partial charge in [0, 0.05) is 25.6 Å². The lowest BCUT2D eigenvalue weighted by atomic mass is 9.93. The zero-order chi connectivity index (χ0) is 11.6. The highest BCUT2D eigenvalue weighted by atomic mass is 16.5. The Kier molecular flexibility index (Phi) is 3.02. The SMILES string of the molecule is CN(C)C(=O)Nc1cc(C(C)(C)C)on1. The average Bonchev–Trinajstić information content (AvgIpc) is 2.51. The fraction of sp³-hybridized carbons (Fsp3) is 0.600. The molecule has 0 aliphatic rings. The molecule has 0 spiro atoms. The Bertz CT molecular complexity index is 350. The lowest BCUT2D eigenvalue weighted by Crippen LogP contribution is -2.27. The van der Waals surface area contributed by atoms with E-state index in [1.807, 2.05) is 20.8 Å². The van der Waals surface area contributed by atoms with Gasteiger partial charge in [-0.1, -0.05) is 25.9 Å². The number of carbonyl (C=O) groups is 1. The zero-order valence-corrected chi connectivity index (χ0v) is 9.79. The highest BCUT2D eigenvalue weighted by molar-refractivity contribution is 5.87. The Morgan fingerprint density at radius 3 is 2.47 bits per heavy atom. The number of rotatable bonds is 1. The monoisotopic (exact) mass is 211 g/mol. The molecule has 1 aromatic rings. The molecule has 0 aliphatic carbocycles. The van der Waals surface area contributed by atoms with Gasteiger partial charge in [0.15, 0.2) is 5.82 Å². The predicted molar refractivity (Wildman–Crippen MR) is 57.9 cm³/mol. The molecule has 0 bridgehead atoms. The molecule has 15 heavy (non-hydrogen) atoms. The Labute approximate surface area is 89.4 Å². The van der Waals surface area contributed by atoms with Gasteiger partial charge >= 0.3 is 6.03 Å². The van der Waals surface area contributed by atoms with Crippen molar-refractivity contribution in [1.82, 2.24) is 10.1 Å². The second kappa shape index (κ2) is 3.92. The van der Waals surface area contributed by atoms with Crippen LogP contribution in [0.2, 0.25) is 0 Å². The third-order valence-corrected chi connectivity index (χ3v) is 1.89. The van der Waals surface area contributed by atoms with E-state index in [4.69, 9.17) is 4.52 Å². The standard InChI is InChI=1S/C10H17N3O2/c1-10(2,3)7-6-8(12-15-7)11-9(14)13(4)5/h6H,1-5H3,(H,11,12,14). The molecule has 0 fully saturated rings. The molecule has 0 radical (unpaired) electrons. The van der Waals surface area contributed by atoms with Crippen molar-refractivity contribution in [1.29, 1.82) is 0 Å². The Hall–Kier alpha value is -1.52. The molecule has 1 N–H and O–H groups in total. The minimum atomic E-state index is -0.219. The molecule has 1 aromatic heterocycles. The van der Waals surface area contributed by atoms with Gasteiger partial charge in [0.05, 0.1) is 0 Å². The van der Waals surface area contributed by atoms with Crippen LogP contribution in [0, 0.1) is 0 Å². The van der Waals surface area contributed by atoms with Gasteiger partial charge in [0.1, 0.15) is 5.76 Å². The first-order chi connectivity index (χ1) is 6.80. The Morgan fingerprint density at radius 2 is 2.07 bits per heavy atom. The third-order valence-electron chi connectivity index (χ3n) is 1.89. The fourth-order valence-electron chi connectivity index (χ4n) is 0.909. The van der Waals surface area contributed by atoms with Gasteiger partial charge in [-0.3, -0.25) is 5.32 Å². The summed E-state index contributed by atoms with van der Waals surface area (Å²) in [5, 5.41) is 6.39. The number of urea groups is 1. The van der Waals surface area contributed by atoms with Gasteiger partial charge in [-0.15, -0.1) is 0 Å². The summed E-state index contributed by atoms with van der Waals surface area (Å²) in [6.45, 7) is 6.06. The normalized spacial score (nSPS) is 11.3. The molecule has 0 saturated carbocycles. The second-order valence-electron chi connectivity index (χ2n) is 4.65. The summed E-state index contributed by atoms with van der Waals surface area (Å²) in [6, 6.07) is 1.52. The molecular formula is C10H17N3O2. The molecule has 0 aromatic carbocycles. The van der Waals surface area contributed by atoms with E-state index < -0.39 is 0 Å². The molecule has 1 rings (SSSR count). The van der Waals surface area contributed by atoms with Crippen molar-refractivity contribution >= 4 is 11.8 Å². The van der Waals surface area contributed by atoms with E-state index >= 15 is 0 Å². The minimum absolute atomic E-state index is 0.103. The van der Waals surface area contributed by atoms with E-state index in [1.54, 1.807) is 20.2 Å². The van der Waals surface area contributed by atoms with Crippen LogP contribution in [0.4, 0.5) is 10.6 Å². The molecule has 0 atom stereocenters. The van der Waals surface area contributed by atoms with Crippen LogP contribution in [0.25, 0.3) is 0 Å². The van der Waals surface area contributed by atoms with Crippen LogP contribution < -0.4 is 5.32 Å². The van der Waals surface area contributed by atoms with Crippen LogP contribution in [-0.4, -0.2) is 30.2 Å². The van der Waals surface area contributed by atoms with Gasteiger partial charge in [-0.2, -0.15) is 0 Å². The summed E-state index contributed by atoms with van der Waals surface area (Å²) in [6.07, 6.45) is 0. The molecule has 1 heterocycles. The van der Waals surface area contributed by atoms with Crippen molar-refractivity contribution in [2.45, 2.75) is 26.2 Å². The van der Waals surface area contributed by atoms with E-state index in [0.29, 0.717) is 5.82 Å². The van der Waals surface area contributed by atoms with Crippen LogP contribution >= 0.6 is 0 Å². The maximum absolute atomic E-state index is 11.3. The number of nitrogens with zero attached hydrogens (tertiary/aromatic N) is 2. The van der Waals surface area contributed by atoms with Gasteiger partial charge in [-0.25, -0.2) is 4.79 Å². The zero-order valence-electron chi connectivity index (χ0n) is 9.79. The molecule has 2 amide bonds. The molecule has 5 heteroatoms. The van der Waals surface area contributed by atoms with Gasteiger partial charge in [0.25, 0.3) is 0 Å². The van der Waals surface area contributed by atoms with Crippen molar-refractivity contribution in [3.05, 3.63) is 11.8 Å². The number of hydrogen-bond donors (Lipinski definition) is 1. The molecule has 5 nitrogen and oxygen atoms in total. The van der Waals surface area contributed by atoms with Gasteiger partial charge < -0.3 is 9.42 Å². The van der Waals surface area contributed by atoms with Crippen LogP contribution in [0.3, 0.4) is 0 Å². The van der Waals surface area contributed by atoms with E-state index in [2.05, 4.69) is 10.5 Å². The van der Waals surface area contributed by atoms with Crippen LogP contribution in [0.15, 0.2) is 10.6 Å². The summed E-state index contributed by atoms with van der Waals surface area (Å²) in [7, 11) is 3.33. The van der Waals surface area contributed by atoms with E-state index in [0.717, 1.165) is 5.76 Å². The Balaban J connectivity index is 2.73. The van der Waals surface area contributed by atoms with Crippen molar-refractivity contribution in [2.75, 3.05) is 19.4 Å². The summed E-state index contributed by atoms with van der Waals surface area (Å²) >= 11 is 0. The van der Waals surface area contributed by atoms with Crippen molar-refractivity contribution in [3.63, 3.8) is 0 Å². The fourth-order valence-corrected chi connectivity index (χ4v) is 0.909. The van der Waals surface area contributed by atoms with Crippen molar-refractivity contribution < 1.29 is 9.32 Å². The first kappa shape index (κ1) is 11.6.